The summed E-state index contributed by atoms with van der Waals surface area (Å²) in [6, 6.07) is 10.0. The fourth-order valence-electron chi connectivity index (χ4n) is 2.72. The molecule has 1 aromatic rings. The first kappa shape index (κ1) is 24.0. The molecule has 29 heavy (non-hydrogen) atoms. The van der Waals surface area contributed by atoms with E-state index in [9.17, 15) is 14.4 Å². The van der Waals surface area contributed by atoms with Gasteiger partial charge in [0.15, 0.2) is 0 Å². The maximum absolute atomic E-state index is 12.9. The zero-order valence-corrected chi connectivity index (χ0v) is 17.8. The Labute approximate surface area is 173 Å². The summed E-state index contributed by atoms with van der Waals surface area (Å²) >= 11 is 0. The normalized spacial score (nSPS) is 12.8. The lowest BCUT2D eigenvalue weighted by Crippen LogP contribution is -2.47. The Bertz CT molecular complexity index is 735. The van der Waals surface area contributed by atoms with Crippen molar-refractivity contribution in [1.29, 1.82) is 0 Å². The summed E-state index contributed by atoms with van der Waals surface area (Å²) in [4.78, 5) is 38.5. The molecule has 0 aliphatic rings. The van der Waals surface area contributed by atoms with E-state index in [2.05, 4.69) is 16.7 Å². The van der Waals surface area contributed by atoms with Crippen LogP contribution in [0.1, 0.15) is 59.1 Å². The Hall–Kier alpha value is -3.01. The highest BCUT2D eigenvalue weighted by Crippen LogP contribution is 2.21. The van der Waals surface area contributed by atoms with E-state index in [0.29, 0.717) is 5.56 Å². The summed E-state index contributed by atoms with van der Waals surface area (Å²) in [5, 5.41) is 5.29. The Morgan fingerprint density at radius 3 is 2.34 bits per heavy atom. The van der Waals surface area contributed by atoms with Crippen LogP contribution >= 0.6 is 0 Å². The molecule has 0 bridgehead atoms. The number of alkyl carbamates (subject to hydrolysis) is 1. The summed E-state index contributed by atoms with van der Waals surface area (Å²) in [6.07, 6.45) is 6.56. The predicted molar refractivity (Wildman–Crippen MR) is 112 cm³/mol. The summed E-state index contributed by atoms with van der Waals surface area (Å²) in [7, 11) is 0. The van der Waals surface area contributed by atoms with Crippen LogP contribution < -0.4 is 10.6 Å². The molecule has 0 aromatic heterocycles. The second-order valence-corrected chi connectivity index (χ2v) is 7.76. The number of carbonyl (C=O) groups is 3. The maximum atomic E-state index is 12.9. The van der Waals surface area contributed by atoms with Gasteiger partial charge in [0.25, 0.3) is 5.91 Å². The van der Waals surface area contributed by atoms with Crippen molar-refractivity contribution in [3.05, 3.63) is 35.9 Å². The van der Waals surface area contributed by atoms with Crippen LogP contribution in [0.25, 0.3) is 0 Å². The number of hydrogen-bond donors (Lipinski definition) is 2. The molecule has 2 atom stereocenters. The monoisotopic (exact) mass is 401 g/mol. The van der Waals surface area contributed by atoms with E-state index >= 15 is 0 Å². The number of ether oxygens (including phenoxy) is 1. The molecule has 0 radical (unpaired) electrons. The Morgan fingerprint density at radius 1 is 1.21 bits per heavy atom. The van der Waals surface area contributed by atoms with Crippen LogP contribution in [0.5, 0.6) is 0 Å². The van der Waals surface area contributed by atoms with Crippen LogP contribution in [0, 0.1) is 12.5 Å². The van der Waals surface area contributed by atoms with Crippen LogP contribution in [0.3, 0.4) is 0 Å². The number of nitrogens with zero attached hydrogens (tertiary/aromatic N) is 1. The SMILES string of the molecule is C#CN(C(=O)CNC(=O)OC(C)(C)C)C(C(=O)NC(C)CCC)c1ccccc1. The van der Waals surface area contributed by atoms with Crippen molar-refractivity contribution in [2.24, 2.45) is 0 Å². The van der Waals surface area contributed by atoms with Gasteiger partial charge in [0, 0.05) is 12.1 Å². The van der Waals surface area contributed by atoms with Gasteiger partial charge < -0.3 is 15.4 Å². The largest absolute Gasteiger partial charge is 0.444 e. The molecule has 7 heteroatoms. The first-order valence-electron chi connectivity index (χ1n) is 9.69. The first-order chi connectivity index (χ1) is 13.6. The third-order valence-electron chi connectivity index (χ3n) is 3.92. The highest BCUT2D eigenvalue weighted by Gasteiger charge is 2.31. The number of hydrogen-bond acceptors (Lipinski definition) is 4. The van der Waals surface area contributed by atoms with Crippen molar-refractivity contribution < 1.29 is 19.1 Å². The summed E-state index contributed by atoms with van der Waals surface area (Å²) in [5.74, 6) is -0.966. The molecule has 3 amide bonds. The Kier molecular flexibility index (Phi) is 9.20. The van der Waals surface area contributed by atoms with E-state index in [-0.39, 0.29) is 18.5 Å². The number of carbonyl (C=O) groups excluding carboxylic acids is 3. The minimum absolute atomic E-state index is 0.0617. The second-order valence-electron chi connectivity index (χ2n) is 7.76. The minimum Gasteiger partial charge on any atom is -0.444 e. The molecule has 0 aliphatic carbocycles. The number of terminal acetylenes is 1. The highest BCUT2D eigenvalue weighted by atomic mass is 16.6. The number of rotatable bonds is 8. The van der Waals surface area contributed by atoms with E-state index in [4.69, 9.17) is 11.2 Å². The Morgan fingerprint density at radius 2 is 1.83 bits per heavy atom. The smallest absolute Gasteiger partial charge is 0.408 e. The molecule has 0 aliphatic heterocycles. The molecule has 0 heterocycles. The van der Waals surface area contributed by atoms with Crippen molar-refractivity contribution in [3.63, 3.8) is 0 Å². The van der Waals surface area contributed by atoms with Crippen LogP contribution in [-0.2, 0) is 14.3 Å². The minimum atomic E-state index is -1.01. The number of amides is 3. The molecule has 2 unspecified atom stereocenters. The van der Waals surface area contributed by atoms with Crippen molar-refractivity contribution in [2.45, 2.75) is 65.1 Å². The Balaban J connectivity index is 2.99. The molecule has 7 nitrogen and oxygen atoms in total. The fourth-order valence-corrected chi connectivity index (χ4v) is 2.72. The topological polar surface area (TPSA) is 87.7 Å². The average molecular weight is 402 g/mol. The van der Waals surface area contributed by atoms with Gasteiger partial charge in [-0.2, -0.15) is 0 Å². The lowest BCUT2D eigenvalue weighted by atomic mass is 10.0. The molecule has 0 fully saturated rings. The zero-order valence-electron chi connectivity index (χ0n) is 17.8. The fraction of sp³-hybridized carbons (Fsp3) is 0.500. The van der Waals surface area contributed by atoms with Gasteiger partial charge in [0.2, 0.25) is 5.91 Å². The molecule has 0 saturated heterocycles. The quantitative estimate of drug-likeness (QED) is 0.518. The van der Waals surface area contributed by atoms with E-state index < -0.39 is 23.6 Å². The summed E-state index contributed by atoms with van der Waals surface area (Å²) < 4.78 is 5.12. The van der Waals surface area contributed by atoms with E-state index in [1.54, 1.807) is 45.0 Å². The lowest BCUT2D eigenvalue weighted by Gasteiger charge is -2.28. The molecular weight excluding hydrogens is 370 g/mol. The third kappa shape index (κ3) is 8.26. The van der Waals surface area contributed by atoms with E-state index in [1.165, 1.54) is 0 Å². The van der Waals surface area contributed by atoms with Crippen molar-refractivity contribution in [3.8, 4) is 12.5 Å². The molecule has 158 valence electrons. The van der Waals surface area contributed by atoms with Gasteiger partial charge in [0.1, 0.15) is 18.2 Å². The average Bonchev–Trinajstić information content (AvgIpc) is 2.63. The number of benzene rings is 1. The maximum Gasteiger partial charge on any atom is 0.408 e. The molecule has 2 N–H and O–H groups in total. The van der Waals surface area contributed by atoms with Gasteiger partial charge in [0.05, 0.1) is 0 Å². The predicted octanol–water partition coefficient (Wildman–Crippen LogP) is 2.98. The summed E-state index contributed by atoms with van der Waals surface area (Å²) in [6.45, 7) is 8.69. The van der Waals surface area contributed by atoms with Gasteiger partial charge in [-0.05, 0) is 39.7 Å². The molecular formula is C22H31N3O4. The molecule has 0 spiro atoms. The molecule has 0 saturated carbocycles. The van der Waals surface area contributed by atoms with Crippen LogP contribution in [0.4, 0.5) is 4.79 Å². The lowest BCUT2D eigenvalue weighted by molar-refractivity contribution is -0.136. The van der Waals surface area contributed by atoms with Gasteiger partial charge in [-0.25, -0.2) is 4.79 Å². The molecule has 1 aromatic carbocycles. The van der Waals surface area contributed by atoms with Crippen molar-refractivity contribution in [2.75, 3.05) is 6.54 Å². The van der Waals surface area contributed by atoms with Crippen molar-refractivity contribution >= 4 is 17.9 Å². The second kappa shape index (κ2) is 11.1. The van der Waals surface area contributed by atoms with Crippen molar-refractivity contribution in [1.82, 2.24) is 15.5 Å². The van der Waals surface area contributed by atoms with Crippen LogP contribution in [0.15, 0.2) is 30.3 Å². The van der Waals surface area contributed by atoms with E-state index in [1.807, 2.05) is 19.9 Å². The summed E-state index contributed by atoms with van der Waals surface area (Å²) in [5.41, 5.74) is -0.113. The zero-order chi connectivity index (χ0) is 22.0. The van der Waals surface area contributed by atoms with Crippen LogP contribution in [-0.4, -0.2) is 41.0 Å². The highest BCUT2D eigenvalue weighted by molar-refractivity contribution is 5.91. The van der Waals surface area contributed by atoms with Gasteiger partial charge in [-0.15, -0.1) is 0 Å². The van der Waals surface area contributed by atoms with E-state index in [0.717, 1.165) is 17.7 Å². The van der Waals surface area contributed by atoms with Gasteiger partial charge >= 0.3 is 6.09 Å². The number of nitrogens with one attached hydrogen (secondary N) is 2. The van der Waals surface area contributed by atoms with Gasteiger partial charge in [-0.1, -0.05) is 50.1 Å². The third-order valence-corrected chi connectivity index (χ3v) is 3.92. The standard InChI is InChI=1S/C22H31N3O4/c1-7-12-16(3)24-20(27)19(17-13-10-9-11-14-17)25(8-2)18(26)15-23-21(28)29-22(4,5)6/h2,9-11,13-14,16,19H,7,12,15H2,1,3-6H3,(H,23,28)(H,24,27). The first-order valence-corrected chi connectivity index (χ1v) is 9.69. The van der Waals surface area contributed by atoms with Crippen LogP contribution in [0.2, 0.25) is 0 Å². The molecule has 1 rings (SSSR count). The van der Waals surface area contributed by atoms with Gasteiger partial charge in [-0.3, -0.25) is 14.5 Å².